The molecule has 1 aliphatic carbocycles. The van der Waals surface area contributed by atoms with Gasteiger partial charge in [-0.3, -0.25) is 9.59 Å². The number of hydrogen-bond donors (Lipinski definition) is 0. The predicted octanol–water partition coefficient (Wildman–Crippen LogP) is 4.45. The first kappa shape index (κ1) is 15.8. The molecule has 2 aliphatic rings. The third-order valence-electron chi connectivity index (χ3n) is 5.13. The van der Waals surface area contributed by atoms with Gasteiger partial charge in [-0.1, -0.05) is 30.3 Å². The first-order valence-corrected chi connectivity index (χ1v) is 8.91. The first-order valence-electron chi connectivity index (χ1n) is 8.91. The summed E-state index contributed by atoms with van der Waals surface area (Å²) >= 11 is 0. The normalized spacial score (nSPS) is 17.0. The Bertz CT molecular complexity index is 852. The number of anilines is 1. The molecule has 1 fully saturated rings. The molecular formula is C22H21NO2. The molecule has 1 heterocycles. The van der Waals surface area contributed by atoms with Crippen molar-refractivity contribution < 1.29 is 9.59 Å². The fourth-order valence-electron chi connectivity index (χ4n) is 3.83. The predicted molar refractivity (Wildman–Crippen MR) is 100 cm³/mol. The second-order valence-electron chi connectivity index (χ2n) is 6.86. The van der Waals surface area contributed by atoms with Crippen molar-refractivity contribution in [2.45, 2.75) is 26.2 Å². The largest absolute Gasteiger partial charge is 0.371 e. The zero-order chi connectivity index (χ0) is 17.4. The fraction of sp³-hybridized carbons (Fsp3) is 0.273. The minimum atomic E-state index is -0.168. The highest BCUT2D eigenvalue weighted by atomic mass is 16.2. The smallest absolute Gasteiger partial charge is 0.197 e. The zero-order valence-corrected chi connectivity index (χ0v) is 14.4. The lowest BCUT2D eigenvalue weighted by atomic mass is 10.0. The number of aryl methyl sites for hydroxylation is 1. The third-order valence-corrected chi connectivity index (χ3v) is 5.13. The fourth-order valence-corrected chi connectivity index (χ4v) is 3.83. The Balaban J connectivity index is 1.65. The summed E-state index contributed by atoms with van der Waals surface area (Å²) in [6, 6.07) is 13.2. The average molecular weight is 331 g/mol. The Labute approximate surface area is 148 Å². The number of nitrogens with zero attached hydrogens (tertiary/aromatic N) is 1. The van der Waals surface area contributed by atoms with Crippen LogP contribution in [0.4, 0.5) is 5.69 Å². The molecule has 0 N–H and O–H groups in total. The van der Waals surface area contributed by atoms with Gasteiger partial charge in [0.1, 0.15) is 0 Å². The Morgan fingerprint density at radius 3 is 2.12 bits per heavy atom. The van der Waals surface area contributed by atoms with Crippen molar-refractivity contribution in [2.75, 3.05) is 18.0 Å². The number of carbonyl (C=O) groups excluding carboxylic acids is 2. The molecule has 3 heteroatoms. The van der Waals surface area contributed by atoms with Crippen LogP contribution in [0.5, 0.6) is 0 Å². The number of hydrogen-bond acceptors (Lipinski definition) is 3. The molecule has 1 aliphatic heterocycles. The van der Waals surface area contributed by atoms with E-state index in [1.54, 1.807) is 30.3 Å². The van der Waals surface area contributed by atoms with Gasteiger partial charge in [0.15, 0.2) is 11.6 Å². The number of piperidine rings is 1. The molecule has 126 valence electrons. The van der Waals surface area contributed by atoms with E-state index < -0.39 is 0 Å². The van der Waals surface area contributed by atoms with Crippen LogP contribution in [0.3, 0.4) is 0 Å². The summed E-state index contributed by atoms with van der Waals surface area (Å²) in [6.07, 6.45) is 5.53. The maximum absolute atomic E-state index is 12.5. The van der Waals surface area contributed by atoms with Crippen LogP contribution >= 0.6 is 0 Å². The van der Waals surface area contributed by atoms with Crippen LogP contribution in [0.1, 0.15) is 51.1 Å². The topological polar surface area (TPSA) is 37.4 Å². The van der Waals surface area contributed by atoms with E-state index in [4.69, 9.17) is 0 Å². The van der Waals surface area contributed by atoms with Crippen molar-refractivity contribution in [3.8, 4) is 0 Å². The monoisotopic (exact) mass is 331 g/mol. The van der Waals surface area contributed by atoms with E-state index in [2.05, 4.69) is 24.0 Å². The minimum Gasteiger partial charge on any atom is -0.371 e. The molecule has 0 spiro atoms. The lowest BCUT2D eigenvalue weighted by Crippen LogP contribution is -2.29. The van der Waals surface area contributed by atoms with E-state index >= 15 is 0 Å². The molecule has 0 aromatic heterocycles. The van der Waals surface area contributed by atoms with Gasteiger partial charge in [-0.2, -0.15) is 0 Å². The van der Waals surface area contributed by atoms with E-state index in [-0.39, 0.29) is 17.1 Å². The Morgan fingerprint density at radius 1 is 0.880 bits per heavy atom. The number of carbonyl (C=O) groups is 2. The summed E-state index contributed by atoms with van der Waals surface area (Å²) in [5.74, 6) is -0.336. The zero-order valence-electron chi connectivity index (χ0n) is 14.4. The molecule has 2 aromatic carbocycles. The molecule has 2 aromatic rings. The molecule has 0 unspecified atom stereocenters. The Kier molecular flexibility index (Phi) is 4.00. The highest BCUT2D eigenvalue weighted by Gasteiger charge is 2.32. The number of benzene rings is 2. The Hall–Kier alpha value is -2.68. The highest BCUT2D eigenvalue weighted by molar-refractivity contribution is 6.41. The van der Waals surface area contributed by atoms with Crippen molar-refractivity contribution in [1.82, 2.24) is 0 Å². The second kappa shape index (κ2) is 6.32. The standard InChI is InChI=1S/C22H21NO2/c1-15-13-16(9-10-20(15)23-11-5-2-6-12-23)14-19-21(24)17-7-3-4-8-18(17)22(19)25/h3-4,7-10,13-14H,2,5-6,11-12H2,1H3. The summed E-state index contributed by atoms with van der Waals surface area (Å²) in [5, 5.41) is 0. The maximum Gasteiger partial charge on any atom is 0.197 e. The van der Waals surface area contributed by atoms with Crippen molar-refractivity contribution in [2.24, 2.45) is 0 Å². The SMILES string of the molecule is Cc1cc(C=C2C(=O)c3ccccc3C2=O)ccc1N1CCCCC1. The third kappa shape index (κ3) is 2.80. The first-order chi connectivity index (χ1) is 12.1. The molecular weight excluding hydrogens is 310 g/mol. The van der Waals surface area contributed by atoms with Crippen LogP contribution in [0.15, 0.2) is 48.0 Å². The van der Waals surface area contributed by atoms with Crippen molar-refractivity contribution in [3.63, 3.8) is 0 Å². The lowest BCUT2D eigenvalue weighted by Gasteiger charge is -2.30. The van der Waals surface area contributed by atoms with E-state index in [0.29, 0.717) is 11.1 Å². The summed E-state index contributed by atoms with van der Waals surface area (Å²) in [6.45, 7) is 4.31. The van der Waals surface area contributed by atoms with Gasteiger partial charge in [0.2, 0.25) is 0 Å². The summed E-state index contributed by atoms with van der Waals surface area (Å²) in [4.78, 5) is 27.5. The van der Waals surface area contributed by atoms with E-state index in [0.717, 1.165) is 18.7 Å². The molecule has 4 rings (SSSR count). The Morgan fingerprint density at radius 2 is 1.52 bits per heavy atom. The van der Waals surface area contributed by atoms with E-state index in [1.165, 1.54) is 30.5 Å². The number of fused-ring (bicyclic) bond motifs is 1. The van der Waals surface area contributed by atoms with Crippen LogP contribution in [0.2, 0.25) is 0 Å². The molecule has 0 saturated carbocycles. The van der Waals surface area contributed by atoms with Crippen molar-refractivity contribution >= 4 is 23.3 Å². The molecule has 0 amide bonds. The second-order valence-corrected chi connectivity index (χ2v) is 6.86. The van der Waals surface area contributed by atoms with Crippen LogP contribution in [-0.4, -0.2) is 24.7 Å². The van der Waals surface area contributed by atoms with Crippen LogP contribution in [0, 0.1) is 6.92 Å². The van der Waals surface area contributed by atoms with Gasteiger partial charge in [0.25, 0.3) is 0 Å². The maximum atomic E-state index is 12.5. The van der Waals surface area contributed by atoms with E-state index in [9.17, 15) is 9.59 Å². The van der Waals surface area contributed by atoms with Crippen molar-refractivity contribution in [3.05, 3.63) is 70.3 Å². The van der Waals surface area contributed by atoms with Gasteiger partial charge in [0.05, 0.1) is 5.57 Å². The lowest BCUT2D eigenvalue weighted by molar-refractivity contribution is 0.0990. The van der Waals surface area contributed by atoms with Gasteiger partial charge in [-0.05, 0) is 55.5 Å². The molecule has 1 saturated heterocycles. The van der Waals surface area contributed by atoms with Crippen LogP contribution < -0.4 is 4.90 Å². The highest BCUT2D eigenvalue weighted by Crippen LogP contribution is 2.29. The summed E-state index contributed by atoms with van der Waals surface area (Å²) in [5.41, 5.74) is 4.65. The average Bonchev–Trinajstić information content (AvgIpc) is 2.88. The number of Topliss-reactive ketones (excluding diaryl/α,β-unsaturated/α-hetero) is 2. The van der Waals surface area contributed by atoms with Gasteiger partial charge in [-0.25, -0.2) is 0 Å². The van der Waals surface area contributed by atoms with Crippen LogP contribution in [-0.2, 0) is 0 Å². The number of rotatable bonds is 2. The van der Waals surface area contributed by atoms with Crippen LogP contribution in [0.25, 0.3) is 6.08 Å². The summed E-state index contributed by atoms with van der Waals surface area (Å²) < 4.78 is 0. The number of allylic oxidation sites excluding steroid dienone is 1. The van der Waals surface area contributed by atoms with Crippen molar-refractivity contribution in [1.29, 1.82) is 0 Å². The van der Waals surface area contributed by atoms with Gasteiger partial charge in [-0.15, -0.1) is 0 Å². The molecule has 3 nitrogen and oxygen atoms in total. The van der Waals surface area contributed by atoms with Gasteiger partial charge >= 0.3 is 0 Å². The van der Waals surface area contributed by atoms with Gasteiger partial charge in [0, 0.05) is 29.9 Å². The molecule has 0 radical (unpaired) electrons. The molecule has 25 heavy (non-hydrogen) atoms. The minimum absolute atomic E-state index is 0.168. The number of ketones is 2. The molecule has 0 atom stereocenters. The van der Waals surface area contributed by atoms with E-state index in [1.807, 2.05) is 6.07 Å². The van der Waals surface area contributed by atoms with Gasteiger partial charge < -0.3 is 4.90 Å². The summed E-state index contributed by atoms with van der Waals surface area (Å²) in [7, 11) is 0. The quantitative estimate of drug-likeness (QED) is 0.603. The molecule has 0 bridgehead atoms.